The van der Waals surface area contributed by atoms with E-state index in [1.165, 1.54) is 11.3 Å². The Morgan fingerprint density at radius 3 is 2.94 bits per heavy atom. The van der Waals surface area contributed by atoms with Gasteiger partial charge in [-0.3, -0.25) is 4.79 Å². The third kappa shape index (κ3) is 2.99. The second-order valence-electron chi connectivity index (χ2n) is 4.41. The molecule has 102 valence electrons. The van der Waals surface area contributed by atoms with Crippen molar-refractivity contribution in [2.24, 2.45) is 0 Å². The van der Waals surface area contributed by atoms with Gasteiger partial charge in [0.05, 0.1) is 5.02 Å². The number of hydrogen-bond acceptors (Lipinski definition) is 3. The lowest BCUT2D eigenvalue weighted by Crippen LogP contribution is -2.40. The van der Waals surface area contributed by atoms with E-state index >= 15 is 0 Å². The van der Waals surface area contributed by atoms with E-state index in [-0.39, 0.29) is 18.3 Å². The van der Waals surface area contributed by atoms with E-state index in [2.05, 4.69) is 5.32 Å². The maximum atomic E-state index is 12.4. The van der Waals surface area contributed by atoms with Crippen molar-refractivity contribution in [2.45, 2.75) is 25.8 Å². The minimum absolute atomic E-state index is 0. The second-order valence-corrected chi connectivity index (χ2v) is 5.67. The third-order valence-corrected chi connectivity index (χ3v) is 4.86. The molecular formula is C12H18Cl2N2OS. The quantitative estimate of drug-likeness (QED) is 0.931. The number of hydrogen-bond donors (Lipinski definition) is 1. The van der Waals surface area contributed by atoms with Crippen LogP contribution in [-0.2, 0) is 0 Å². The fourth-order valence-electron chi connectivity index (χ4n) is 2.26. The normalized spacial score (nSPS) is 18.8. The Balaban J connectivity index is 0.00000162. The molecule has 1 fully saturated rings. The van der Waals surface area contributed by atoms with E-state index in [0.29, 0.717) is 15.9 Å². The van der Waals surface area contributed by atoms with Crippen molar-refractivity contribution in [3.63, 3.8) is 0 Å². The molecule has 0 radical (unpaired) electrons. The number of thiophene rings is 1. The first kappa shape index (κ1) is 15.8. The van der Waals surface area contributed by atoms with Crippen molar-refractivity contribution >= 4 is 41.3 Å². The smallest absolute Gasteiger partial charge is 0.265 e. The summed E-state index contributed by atoms with van der Waals surface area (Å²) in [5.41, 5.74) is 0.990. The molecule has 1 N–H and O–H groups in total. The maximum Gasteiger partial charge on any atom is 0.265 e. The fourth-order valence-corrected chi connectivity index (χ4v) is 3.48. The summed E-state index contributed by atoms with van der Waals surface area (Å²) in [6.45, 7) is 3.64. The summed E-state index contributed by atoms with van der Waals surface area (Å²) in [5, 5.41) is 5.71. The van der Waals surface area contributed by atoms with Crippen LogP contribution in [0.5, 0.6) is 0 Å². The minimum atomic E-state index is 0. The van der Waals surface area contributed by atoms with Crippen molar-refractivity contribution in [2.75, 3.05) is 20.1 Å². The molecule has 1 atom stereocenters. The predicted octanol–water partition coefficient (Wildman–Crippen LogP) is 2.96. The molecule has 0 aliphatic carbocycles. The maximum absolute atomic E-state index is 12.4. The van der Waals surface area contributed by atoms with E-state index in [1.807, 2.05) is 24.3 Å². The number of likely N-dealkylation sites (tertiary alicyclic amines) is 1. The number of carbonyl (C=O) groups is 1. The number of rotatable bonds is 3. The van der Waals surface area contributed by atoms with Crippen LogP contribution in [0.25, 0.3) is 0 Å². The Morgan fingerprint density at radius 1 is 1.67 bits per heavy atom. The van der Waals surface area contributed by atoms with Crippen LogP contribution in [0.3, 0.4) is 0 Å². The van der Waals surface area contributed by atoms with Gasteiger partial charge >= 0.3 is 0 Å². The number of nitrogens with zero attached hydrogens (tertiary/aromatic N) is 1. The average molecular weight is 309 g/mol. The fraction of sp³-hybridized carbons (Fsp3) is 0.583. The zero-order valence-corrected chi connectivity index (χ0v) is 12.9. The van der Waals surface area contributed by atoms with Crippen LogP contribution < -0.4 is 5.32 Å². The van der Waals surface area contributed by atoms with E-state index in [1.54, 1.807) is 0 Å². The molecule has 1 aromatic heterocycles. The van der Waals surface area contributed by atoms with Gasteiger partial charge in [0.15, 0.2) is 0 Å². The molecule has 1 saturated heterocycles. The molecule has 6 heteroatoms. The summed E-state index contributed by atoms with van der Waals surface area (Å²) in [6.07, 6.45) is 2.16. The summed E-state index contributed by atoms with van der Waals surface area (Å²) in [5.74, 6) is 0.0888. The second kappa shape index (κ2) is 6.75. The summed E-state index contributed by atoms with van der Waals surface area (Å²) >= 11 is 7.60. The van der Waals surface area contributed by atoms with Crippen molar-refractivity contribution < 1.29 is 4.79 Å². The minimum Gasteiger partial charge on any atom is -0.334 e. The van der Waals surface area contributed by atoms with Gasteiger partial charge < -0.3 is 10.2 Å². The first-order chi connectivity index (χ1) is 8.15. The van der Waals surface area contributed by atoms with Crippen molar-refractivity contribution in [3.8, 4) is 0 Å². The van der Waals surface area contributed by atoms with E-state index in [4.69, 9.17) is 11.6 Å². The van der Waals surface area contributed by atoms with Gasteiger partial charge in [-0.2, -0.15) is 0 Å². The standard InChI is InChI=1S/C12H17ClN2OS.ClH/c1-8-7-17-11(10(8)13)12(16)15-5-3-4-9(15)6-14-2;/h7,9,14H,3-6H2,1-2H3;1H. The molecule has 2 heterocycles. The van der Waals surface area contributed by atoms with Crippen LogP contribution in [0, 0.1) is 6.92 Å². The topological polar surface area (TPSA) is 32.3 Å². The Morgan fingerprint density at radius 2 is 2.39 bits per heavy atom. The Bertz CT molecular complexity index is 422. The van der Waals surface area contributed by atoms with Crippen LogP contribution in [0.4, 0.5) is 0 Å². The zero-order chi connectivity index (χ0) is 12.4. The van der Waals surface area contributed by atoms with Crippen LogP contribution in [-0.4, -0.2) is 37.0 Å². The van der Waals surface area contributed by atoms with E-state index < -0.39 is 0 Å². The van der Waals surface area contributed by atoms with Crippen LogP contribution >= 0.6 is 35.3 Å². The molecule has 18 heavy (non-hydrogen) atoms. The average Bonchev–Trinajstić information content (AvgIpc) is 2.88. The molecule has 1 aliphatic heterocycles. The molecule has 0 aromatic carbocycles. The highest BCUT2D eigenvalue weighted by molar-refractivity contribution is 7.13. The van der Waals surface area contributed by atoms with Crippen LogP contribution in [0.15, 0.2) is 5.38 Å². The van der Waals surface area contributed by atoms with Crippen molar-refractivity contribution in [1.29, 1.82) is 0 Å². The van der Waals surface area contributed by atoms with Crippen molar-refractivity contribution in [1.82, 2.24) is 10.2 Å². The highest BCUT2D eigenvalue weighted by Crippen LogP contribution is 2.30. The number of halogens is 2. The van der Waals surface area contributed by atoms with Crippen LogP contribution in [0.2, 0.25) is 5.02 Å². The SMILES string of the molecule is CNCC1CCCN1C(=O)c1scc(C)c1Cl.Cl. The number of nitrogens with one attached hydrogen (secondary N) is 1. The van der Waals surface area contributed by atoms with Gasteiger partial charge in [-0.25, -0.2) is 0 Å². The number of carbonyl (C=O) groups excluding carboxylic acids is 1. The van der Waals surface area contributed by atoms with E-state index in [0.717, 1.165) is 31.5 Å². The predicted molar refractivity (Wildman–Crippen MR) is 79.3 cm³/mol. The van der Waals surface area contributed by atoms with Gasteiger partial charge in [-0.1, -0.05) is 11.6 Å². The number of likely N-dealkylation sites (N-methyl/N-ethyl adjacent to an activating group) is 1. The molecule has 1 aliphatic rings. The number of aryl methyl sites for hydroxylation is 1. The largest absolute Gasteiger partial charge is 0.334 e. The molecule has 0 bridgehead atoms. The first-order valence-electron chi connectivity index (χ1n) is 5.84. The zero-order valence-electron chi connectivity index (χ0n) is 10.5. The highest BCUT2D eigenvalue weighted by atomic mass is 35.5. The molecule has 1 aromatic rings. The lowest BCUT2D eigenvalue weighted by atomic mass is 10.2. The highest BCUT2D eigenvalue weighted by Gasteiger charge is 2.30. The molecule has 1 unspecified atom stereocenters. The van der Waals surface area contributed by atoms with Crippen molar-refractivity contribution in [3.05, 3.63) is 20.8 Å². The first-order valence-corrected chi connectivity index (χ1v) is 7.10. The molecule has 3 nitrogen and oxygen atoms in total. The van der Waals surface area contributed by atoms with Gasteiger partial charge in [0.25, 0.3) is 5.91 Å². The summed E-state index contributed by atoms with van der Waals surface area (Å²) in [6, 6.07) is 0.311. The van der Waals surface area contributed by atoms with Gasteiger partial charge in [-0.15, -0.1) is 23.7 Å². The molecule has 0 spiro atoms. The Kier molecular flexibility index (Phi) is 5.92. The lowest BCUT2D eigenvalue weighted by molar-refractivity contribution is 0.0742. The lowest BCUT2D eigenvalue weighted by Gasteiger charge is -2.24. The van der Waals surface area contributed by atoms with Gasteiger partial charge in [0, 0.05) is 19.1 Å². The molecule has 1 amide bonds. The van der Waals surface area contributed by atoms with Gasteiger partial charge in [0.2, 0.25) is 0 Å². The Hall–Kier alpha value is -0.290. The summed E-state index contributed by atoms with van der Waals surface area (Å²) in [4.78, 5) is 15.0. The number of amides is 1. The summed E-state index contributed by atoms with van der Waals surface area (Å²) in [7, 11) is 1.92. The molecule has 0 saturated carbocycles. The summed E-state index contributed by atoms with van der Waals surface area (Å²) < 4.78 is 0. The molecular weight excluding hydrogens is 291 g/mol. The monoisotopic (exact) mass is 308 g/mol. The third-order valence-electron chi connectivity index (χ3n) is 3.17. The van der Waals surface area contributed by atoms with E-state index in [9.17, 15) is 4.79 Å². The van der Waals surface area contributed by atoms with Gasteiger partial charge in [0.1, 0.15) is 4.88 Å². The Labute approximate surface area is 123 Å². The van der Waals surface area contributed by atoms with Crippen LogP contribution in [0.1, 0.15) is 28.1 Å². The van der Waals surface area contributed by atoms with Gasteiger partial charge in [-0.05, 0) is 37.8 Å². The molecule has 2 rings (SSSR count).